The van der Waals surface area contributed by atoms with Crippen LogP contribution in [0.3, 0.4) is 0 Å². The lowest BCUT2D eigenvalue weighted by molar-refractivity contribution is -0.113. The summed E-state index contributed by atoms with van der Waals surface area (Å²) in [6, 6.07) is 14.8. The van der Waals surface area contributed by atoms with Crippen molar-refractivity contribution in [1.29, 1.82) is 0 Å². The van der Waals surface area contributed by atoms with Crippen molar-refractivity contribution in [1.82, 2.24) is 20.1 Å². The van der Waals surface area contributed by atoms with Crippen LogP contribution in [0.15, 0.2) is 53.7 Å². The molecule has 3 rings (SSSR count). The first-order valence-corrected chi connectivity index (χ1v) is 11.2. The van der Waals surface area contributed by atoms with E-state index in [2.05, 4.69) is 20.8 Å². The van der Waals surface area contributed by atoms with Gasteiger partial charge in [0.25, 0.3) is 5.91 Å². The fourth-order valence-corrected chi connectivity index (χ4v) is 4.03. The molecule has 2 N–H and O–H groups in total. The minimum absolute atomic E-state index is 0.104. The number of aryl methyl sites for hydroxylation is 2. The van der Waals surface area contributed by atoms with Gasteiger partial charge < -0.3 is 15.2 Å². The summed E-state index contributed by atoms with van der Waals surface area (Å²) in [7, 11) is 0. The van der Waals surface area contributed by atoms with E-state index in [0.717, 1.165) is 16.8 Å². The third kappa shape index (κ3) is 5.52. The van der Waals surface area contributed by atoms with Crippen molar-refractivity contribution < 1.29 is 9.59 Å². The number of benzene rings is 2. The van der Waals surface area contributed by atoms with E-state index in [-0.39, 0.29) is 23.6 Å². The molecule has 0 aliphatic carbocycles. The number of para-hydroxylation sites is 1. The first-order valence-electron chi connectivity index (χ1n) is 10.2. The SMILES string of the molecule is CCn1c(SCC(=O)Nc2ccccc2C)nnc1[C@@H](C)NC(=O)c1ccccc1C. The van der Waals surface area contributed by atoms with Crippen LogP contribution in [0.25, 0.3) is 0 Å². The highest BCUT2D eigenvalue weighted by molar-refractivity contribution is 7.99. The molecular formula is C23H27N5O2S. The molecule has 0 saturated carbocycles. The Balaban J connectivity index is 1.64. The Morgan fingerprint density at radius 3 is 2.39 bits per heavy atom. The van der Waals surface area contributed by atoms with E-state index in [9.17, 15) is 9.59 Å². The van der Waals surface area contributed by atoms with E-state index in [1.807, 2.05) is 74.7 Å². The second-order valence-corrected chi connectivity index (χ2v) is 8.19. The lowest BCUT2D eigenvalue weighted by Gasteiger charge is -2.16. The van der Waals surface area contributed by atoms with E-state index in [1.54, 1.807) is 6.07 Å². The molecule has 8 heteroatoms. The highest BCUT2D eigenvalue weighted by atomic mass is 32.2. The Morgan fingerprint density at radius 1 is 1.03 bits per heavy atom. The molecule has 7 nitrogen and oxygen atoms in total. The van der Waals surface area contributed by atoms with Gasteiger partial charge in [-0.15, -0.1) is 10.2 Å². The minimum Gasteiger partial charge on any atom is -0.342 e. The normalized spacial score (nSPS) is 11.7. The highest BCUT2D eigenvalue weighted by Gasteiger charge is 2.20. The maximum Gasteiger partial charge on any atom is 0.252 e. The quantitative estimate of drug-likeness (QED) is 0.517. The van der Waals surface area contributed by atoms with Gasteiger partial charge >= 0.3 is 0 Å². The smallest absolute Gasteiger partial charge is 0.252 e. The summed E-state index contributed by atoms with van der Waals surface area (Å²) in [5.74, 6) is 0.623. The average Bonchev–Trinajstić information content (AvgIpc) is 3.17. The van der Waals surface area contributed by atoms with E-state index >= 15 is 0 Å². The van der Waals surface area contributed by atoms with Crippen LogP contribution < -0.4 is 10.6 Å². The van der Waals surface area contributed by atoms with Crippen molar-refractivity contribution in [3.05, 3.63) is 71.0 Å². The second kappa shape index (κ2) is 10.3. The Hall–Kier alpha value is -3.13. The molecule has 1 aromatic heterocycles. The molecule has 2 amide bonds. The van der Waals surface area contributed by atoms with Crippen LogP contribution in [0, 0.1) is 13.8 Å². The molecule has 0 radical (unpaired) electrons. The zero-order chi connectivity index (χ0) is 22.4. The number of amides is 2. The third-order valence-electron chi connectivity index (χ3n) is 4.94. The number of thioether (sulfide) groups is 1. The molecule has 3 aromatic rings. The largest absolute Gasteiger partial charge is 0.342 e. The van der Waals surface area contributed by atoms with Gasteiger partial charge in [0.2, 0.25) is 5.91 Å². The van der Waals surface area contributed by atoms with Crippen molar-refractivity contribution in [2.24, 2.45) is 0 Å². The van der Waals surface area contributed by atoms with Crippen LogP contribution in [0.2, 0.25) is 0 Å². The predicted molar refractivity (Wildman–Crippen MR) is 123 cm³/mol. The molecular weight excluding hydrogens is 410 g/mol. The van der Waals surface area contributed by atoms with E-state index < -0.39 is 0 Å². The summed E-state index contributed by atoms with van der Waals surface area (Å²) in [5, 5.41) is 15.1. The Labute approximate surface area is 186 Å². The molecule has 162 valence electrons. The van der Waals surface area contributed by atoms with E-state index in [4.69, 9.17) is 0 Å². The van der Waals surface area contributed by atoms with Gasteiger partial charge in [-0.3, -0.25) is 9.59 Å². The summed E-state index contributed by atoms with van der Waals surface area (Å²) in [4.78, 5) is 25.0. The van der Waals surface area contributed by atoms with Crippen LogP contribution in [0.5, 0.6) is 0 Å². The van der Waals surface area contributed by atoms with Gasteiger partial charge in [-0.25, -0.2) is 0 Å². The Morgan fingerprint density at radius 2 is 1.71 bits per heavy atom. The number of rotatable bonds is 8. The molecule has 31 heavy (non-hydrogen) atoms. The molecule has 0 aliphatic rings. The van der Waals surface area contributed by atoms with Crippen molar-refractivity contribution in [2.45, 2.75) is 45.4 Å². The highest BCUT2D eigenvalue weighted by Crippen LogP contribution is 2.22. The Bertz CT molecular complexity index is 1080. The van der Waals surface area contributed by atoms with Gasteiger partial charge in [-0.05, 0) is 51.0 Å². The number of anilines is 1. The molecule has 0 bridgehead atoms. The standard InChI is InChI=1S/C23H27N5O2S/c1-5-28-21(17(4)24-22(30)18-12-8-6-10-15(18)2)26-27-23(28)31-14-20(29)25-19-13-9-7-11-16(19)3/h6-13,17H,5,14H2,1-4H3,(H,24,30)(H,25,29)/t17-/m1/s1. The average molecular weight is 438 g/mol. The summed E-state index contributed by atoms with van der Waals surface area (Å²) in [6.07, 6.45) is 0. The zero-order valence-electron chi connectivity index (χ0n) is 18.2. The molecule has 0 unspecified atom stereocenters. The van der Waals surface area contributed by atoms with Crippen molar-refractivity contribution in [3.8, 4) is 0 Å². The Kier molecular flexibility index (Phi) is 7.46. The zero-order valence-corrected chi connectivity index (χ0v) is 19.0. The van der Waals surface area contributed by atoms with Crippen molar-refractivity contribution in [3.63, 3.8) is 0 Å². The number of nitrogens with one attached hydrogen (secondary N) is 2. The van der Waals surface area contributed by atoms with Gasteiger partial charge in [-0.2, -0.15) is 0 Å². The molecule has 1 atom stereocenters. The fourth-order valence-electron chi connectivity index (χ4n) is 3.22. The van der Waals surface area contributed by atoms with Gasteiger partial charge in [0.15, 0.2) is 11.0 Å². The molecule has 0 fully saturated rings. The summed E-state index contributed by atoms with van der Waals surface area (Å²) in [5.41, 5.74) is 3.37. The number of hydrogen-bond acceptors (Lipinski definition) is 5. The maximum atomic E-state index is 12.6. The molecule has 0 saturated heterocycles. The molecule has 1 heterocycles. The number of aromatic nitrogens is 3. The first-order chi connectivity index (χ1) is 14.9. The van der Waals surface area contributed by atoms with Crippen LogP contribution in [-0.4, -0.2) is 32.3 Å². The summed E-state index contributed by atoms with van der Waals surface area (Å²) in [6.45, 7) is 8.36. The van der Waals surface area contributed by atoms with E-state index in [0.29, 0.717) is 23.1 Å². The lowest BCUT2D eigenvalue weighted by atomic mass is 10.1. The van der Waals surface area contributed by atoms with Gasteiger partial charge in [0.1, 0.15) is 0 Å². The van der Waals surface area contributed by atoms with Crippen LogP contribution in [0.1, 0.15) is 47.2 Å². The molecule has 0 spiro atoms. The summed E-state index contributed by atoms with van der Waals surface area (Å²) >= 11 is 1.33. The minimum atomic E-state index is -0.324. The molecule has 0 aliphatic heterocycles. The number of hydrogen-bond donors (Lipinski definition) is 2. The van der Waals surface area contributed by atoms with Crippen LogP contribution in [0.4, 0.5) is 5.69 Å². The maximum absolute atomic E-state index is 12.6. The predicted octanol–water partition coefficient (Wildman–Crippen LogP) is 4.14. The van der Waals surface area contributed by atoms with Crippen LogP contribution >= 0.6 is 11.8 Å². The fraction of sp³-hybridized carbons (Fsp3) is 0.304. The summed E-state index contributed by atoms with van der Waals surface area (Å²) < 4.78 is 1.93. The molecule has 2 aromatic carbocycles. The van der Waals surface area contributed by atoms with Gasteiger partial charge in [0, 0.05) is 17.8 Å². The first kappa shape index (κ1) is 22.6. The third-order valence-corrected chi connectivity index (χ3v) is 5.90. The number of nitrogens with zero attached hydrogens (tertiary/aromatic N) is 3. The van der Waals surface area contributed by atoms with E-state index in [1.165, 1.54) is 11.8 Å². The topological polar surface area (TPSA) is 88.9 Å². The van der Waals surface area contributed by atoms with Gasteiger partial charge in [0.05, 0.1) is 11.8 Å². The van der Waals surface area contributed by atoms with Crippen molar-refractivity contribution >= 4 is 29.3 Å². The lowest BCUT2D eigenvalue weighted by Crippen LogP contribution is -2.29. The monoisotopic (exact) mass is 437 g/mol. The number of carbonyl (C=O) groups excluding carboxylic acids is 2. The number of carbonyl (C=O) groups is 2. The van der Waals surface area contributed by atoms with Crippen molar-refractivity contribution in [2.75, 3.05) is 11.1 Å². The van der Waals surface area contributed by atoms with Gasteiger partial charge in [-0.1, -0.05) is 48.2 Å². The second-order valence-electron chi connectivity index (χ2n) is 7.25. The van der Waals surface area contributed by atoms with Crippen LogP contribution in [-0.2, 0) is 11.3 Å².